The van der Waals surface area contributed by atoms with Crippen LogP contribution >= 0.6 is 11.9 Å². The second-order valence-electron chi connectivity index (χ2n) is 6.99. The molecule has 0 unspecified atom stereocenters. The van der Waals surface area contributed by atoms with E-state index in [4.69, 9.17) is 5.14 Å². The number of alkyl halides is 3. The second kappa shape index (κ2) is 9.46. The fourth-order valence-electron chi connectivity index (χ4n) is 3.03. The van der Waals surface area contributed by atoms with Gasteiger partial charge in [0.1, 0.15) is 12.1 Å². The standard InChI is InChI=1S/C21H18F3N7OS/c22-21(23,24)11-28-19-18-16(6-5-15(29-18)13-7-8-26-17(32)9-13)30-20(31-19)27-10-12-1-3-14(33-25)4-2-12/h1-9H,10-11,25H2,(H,26,32)(H2,27,28,30,31). The number of nitrogens with zero attached hydrogens (tertiary/aromatic N) is 3. The van der Waals surface area contributed by atoms with Gasteiger partial charge in [-0.2, -0.15) is 18.2 Å². The predicted molar refractivity (Wildman–Crippen MR) is 122 cm³/mol. The summed E-state index contributed by atoms with van der Waals surface area (Å²) in [5.74, 6) is 0.0801. The van der Waals surface area contributed by atoms with Crippen LogP contribution in [0.15, 0.2) is 64.4 Å². The lowest BCUT2D eigenvalue weighted by Crippen LogP contribution is -2.22. The van der Waals surface area contributed by atoms with Crippen molar-refractivity contribution >= 4 is 34.7 Å². The zero-order chi connectivity index (χ0) is 23.4. The fourth-order valence-corrected chi connectivity index (χ4v) is 3.33. The number of hydrogen-bond donors (Lipinski definition) is 4. The third kappa shape index (κ3) is 5.79. The number of rotatable bonds is 7. The van der Waals surface area contributed by atoms with Crippen molar-refractivity contribution in [3.05, 3.63) is 70.6 Å². The van der Waals surface area contributed by atoms with Crippen LogP contribution in [0.4, 0.5) is 24.9 Å². The summed E-state index contributed by atoms with van der Waals surface area (Å²) in [5, 5.41) is 10.9. The molecule has 0 fully saturated rings. The number of halogens is 3. The summed E-state index contributed by atoms with van der Waals surface area (Å²) in [6.07, 6.45) is -2.98. The Balaban J connectivity index is 1.67. The maximum absolute atomic E-state index is 12.9. The van der Waals surface area contributed by atoms with Gasteiger partial charge in [0.15, 0.2) is 5.82 Å². The first-order chi connectivity index (χ1) is 15.8. The molecule has 0 radical (unpaired) electrons. The molecule has 3 aromatic heterocycles. The number of aromatic amines is 1. The van der Waals surface area contributed by atoms with Gasteiger partial charge in [-0.15, -0.1) is 0 Å². The van der Waals surface area contributed by atoms with Crippen molar-refractivity contribution in [3.63, 3.8) is 0 Å². The van der Waals surface area contributed by atoms with E-state index in [2.05, 4.69) is 30.6 Å². The lowest BCUT2D eigenvalue weighted by Gasteiger charge is -2.13. The number of anilines is 2. The van der Waals surface area contributed by atoms with Gasteiger partial charge in [0, 0.05) is 29.3 Å². The Labute approximate surface area is 190 Å². The van der Waals surface area contributed by atoms with Crippen molar-refractivity contribution in [3.8, 4) is 11.3 Å². The highest BCUT2D eigenvalue weighted by molar-refractivity contribution is 7.97. The first-order valence-corrected chi connectivity index (χ1v) is 10.6. The number of nitrogens with two attached hydrogens (primary N) is 1. The van der Waals surface area contributed by atoms with Crippen molar-refractivity contribution in [1.82, 2.24) is 19.9 Å². The Morgan fingerprint density at radius 2 is 1.79 bits per heavy atom. The average molecular weight is 473 g/mol. The highest BCUT2D eigenvalue weighted by Gasteiger charge is 2.27. The molecule has 1 aromatic carbocycles. The molecule has 4 rings (SSSR count). The Morgan fingerprint density at radius 3 is 2.48 bits per heavy atom. The zero-order valence-corrected chi connectivity index (χ0v) is 17.8. The van der Waals surface area contributed by atoms with Crippen LogP contribution in [0.2, 0.25) is 0 Å². The Morgan fingerprint density at radius 1 is 1.00 bits per heavy atom. The summed E-state index contributed by atoms with van der Waals surface area (Å²) < 4.78 is 38.6. The third-order valence-electron chi connectivity index (χ3n) is 4.58. The first kappa shape index (κ1) is 22.6. The van der Waals surface area contributed by atoms with E-state index in [1.807, 2.05) is 24.3 Å². The summed E-state index contributed by atoms with van der Waals surface area (Å²) >= 11 is 1.13. The quantitative estimate of drug-likeness (QED) is 0.298. The molecule has 0 saturated heterocycles. The Hall–Kier alpha value is -3.64. The second-order valence-corrected chi connectivity index (χ2v) is 7.69. The molecule has 0 aliphatic rings. The van der Waals surface area contributed by atoms with Crippen molar-refractivity contribution in [2.24, 2.45) is 5.14 Å². The lowest BCUT2D eigenvalue weighted by atomic mass is 10.1. The Kier molecular flexibility index (Phi) is 6.47. The highest BCUT2D eigenvalue weighted by atomic mass is 32.2. The minimum absolute atomic E-state index is 0.0682. The number of hydrogen-bond acceptors (Lipinski definition) is 8. The first-order valence-electron chi connectivity index (χ1n) is 9.69. The van der Waals surface area contributed by atoms with Crippen LogP contribution in [0.3, 0.4) is 0 Å². The van der Waals surface area contributed by atoms with Crippen LogP contribution in [0.25, 0.3) is 22.3 Å². The molecule has 3 heterocycles. The van der Waals surface area contributed by atoms with Gasteiger partial charge < -0.3 is 15.6 Å². The molecular formula is C21H18F3N7OS. The molecular weight excluding hydrogens is 455 g/mol. The lowest BCUT2D eigenvalue weighted by molar-refractivity contribution is -0.115. The molecule has 4 aromatic rings. The van der Waals surface area contributed by atoms with Gasteiger partial charge in [0.25, 0.3) is 0 Å². The van der Waals surface area contributed by atoms with Crippen LogP contribution in [0, 0.1) is 0 Å². The minimum Gasteiger partial charge on any atom is -0.359 e. The van der Waals surface area contributed by atoms with Crippen molar-refractivity contribution < 1.29 is 13.2 Å². The van der Waals surface area contributed by atoms with Crippen LogP contribution in [-0.4, -0.2) is 32.7 Å². The van der Waals surface area contributed by atoms with Crippen molar-refractivity contribution in [2.75, 3.05) is 17.2 Å². The molecule has 0 spiro atoms. The molecule has 0 saturated carbocycles. The number of H-pyrrole nitrogens is 1. The number of fused-ring (bicyclic) bond motifs is 1. The summed E-state index contributed by atoms with van der Waals surface area (Å²) in [4.78, 5) is 28.0. The SMILES string of the molecule is NSc1ccc(CNc2nc(NCC(F)(F)F)c3nc(-c4cc[nH]c(=O)c4)ccc3n2)cc1. The maximum atomic E-state index is 12.9. The van der Waals surface area contributed by atoms with Gasteiger partial charge in [-0.25, -0.2) is 9.97 Å². The molecule has 8 nitrogen and oxygen atoms in total. The molecule has 0 aliphatic heterocycles. The van der Waals surface area contributed by atoms with Crippen LogP contribution in [-0.2, 0) is 6.54 Å². The van der Waals surface area contributed by atoms with Gasteiger partial charge in [-0.3, -0.25) is 9.93 Å². The van der Waals surface area contributed by atoms with Gasteiger partial charge in [0.2, 0.25) is 11.5 Å². The minimum atomic E-state index is -4.45. The molecule has 0 aliphatic carbocycles. The van der Waals surface area contributed by atoms with E-state index >= 15 is 0 Å². The molecule has 5 N–H and O–H groups in total. The molecule has 0 bridgehead atoms. The zero-order valence-electron chi connectivity index (χ0n) is 17.0. The van der Waals surface area contributed by atoms with Gasteiger partial charge in [-0.1, -0.05) is 12.1 Å². The third-order valence-corrected chi connectivity index (χ3v) is 5.12. The fraction of sp³-hybridized carbons (Fsp3) is 0.143. The Bertz CT molecular complexity index is 1330. The van der Waals surface area contributed by atoms with E-state index in [1.54, 1.807) is 18.2 Å². The maximum Gasteiger partial charge on any atom is 0.405 e. The number of aromatic nitrogens is 4. The summed E-state index contributed by atoms with van der Waals surface area (Å²) in [6.45, 7) is -0.925. The average Bonchev–Trinajstić information content (AvgIpc) is 2.80. The highest BCUT2D eigenvalue weighted by Crippen LogP contribution is 2.26. The van der Waals surface area contributed by atoms with E-state index in [-0.39, 0.29) is 22.8 Å². The van der Waals surface area contributed by atoms with E-state index in [0.29, 0.717) is 23.3 Å². The van der Waals surface area contributed by atoms with E-state index in [1.165, 1.54) is 12.3 Å². The monoisotopic (exact) mass is 473 g/mol. The predicted octanol–water partition coefficient (Wildman–Crippen LogP) is 3.93. The van der Waals surface area contributed by atoms with Crippen molar-refractivity contribution in [1.29, 1.82) is 0 Å². The van der Waals surface area contributed by atoms with Gasteiger partial charge >= 0.3 is 6.18 Å². The topological polar surface area (TPSA) is 122 Å². The number of nitrogens with one attached hydrogen (secondary N) is 3. The molecule has 12 heteroatoms. The molecule has 33 heavy (non-hydrogen) atoms. The molecule has 0 atom stereocenters. The summed E-state index contributed by atoms with van der Waals surface area (Å²) in [7, 11) is 0. The van der Waals surface area contributed by atoms with Crippen LogP contribution in [0.1, 0.15) is 5.56 Å². The van der Waals surface area contributed by atoms with Gasteiger partial charge in [-0.05, 0) is 47.8 Å². The molecule has 0 amide bonds. The van der Waals surface area contributed by atoms with Crippen LogP contribution < -0.4 is 21.3 Å². The normalized spacial score (nSPS) is 11.5. The number of pyridine rings is 2. The summed E-state index contributed by atoms with van der Waals surface area (Å²) in [5.41, 5.74) is 2.03. The van der Waals surface area contributed by atoms with Gasteiger partial charge in [0.05, 0.1) is 11.2 Å². The summed E-state index contributed by atoms with van der Waals surface area (Å²) in [6, 6.07) is 13.7. The van der Waals surface area contributed by atoms with E-state index < -0.39 is 12.7 Å². The molecule has 170 valence electrons. The smallest absolute Gasteiger partial charge is 0.359 e. The van der Waals surface area contributed by atoms with Crippen molar-refractivity contribution in [2.45, 2.75) is 17.6 Å². The van der Waals surface area contributed by atoms with Crippen LogP contribution in [0.5, 0.6) is 0 Å². The van der Waals surface area contributed by atoms with E-state index in [9.17, 15) is 18.0 Å². The number of benzene rings is 1. The van der Waals surface area contributed by atoms with E-state index in [0.717, 1.165) is 22.4 Å². The largest absolute Gasteiger partial charge is 0.405 e.